The maximum Gasteiger partial charge on any atom is 0.339 e. The fourth-order valence-corrected chi connectivity index (χ4v) is 5.82. The van der Waals surface area contributed by atoms with E-state index in [1.165, 1.54) is 6.07 Å². The highest BCUT2D eigenvalue weighted by atomic mass is 32.2. The zero-order valence-corrected chi connectivity index (χ0v) is 19.2. The van der Waals surface area contributed by atoms with Gasteiger partial charge in [0.2, 0.25) is 10.0 Å². The van der Waals surface area contributed by atoms with Crippen molar-refractivity contribution >= 4 is 27.6 Å². The summed E-state index contributed by atoms with van der Waals surface area (Å²) in [6.07, 6.45) is 3.40. The lowest BCUT2D eigenvalue weighted by Gasteiger charge is -2.26. The van der Waals surface area contributed by atoms with E-state index >= 15 is 0 Å². The zero-order chi connectivity index (χ0) is 22.9. The Morgan fingerprint density at radius 3 is 2.50 bits per heavy atom. The van der Waals surface area contributed by atoms with Crippen molar-refractivity contribution in [3.05, 3.63) is 52.8 Å². The van der Waals surface area contributed by atoms with E-state index in [2.05, 4.69) is 4.98 Å². The van der Waals surface area contributed by atoms with Crippen molar-refractivity contribution in [1.29, 1.82) is 0 Å². The quantitative estimate of drug-likeness (QED) is 0.641. The molecule has 1 amide bonds. The fourth-order valence-electron chi connectivity index (χ4n) is 4.25. The van der Waals surface area contributed by atoms with Gasteiger partial charge in [-0.25, -0.2) is 18.2 Å². The number of rotatable bonds is 5. The van der Waals surface area contributed by atoms with Gasteiger partial charge in [0.1, 0.15) is 5.69 Å². The number of anilines is 1. The van der Waals surface area contributed by atoms with Gasteiger partial charge in [0, 0.05) is 25.3 Å². The molecule has 2 aliphatic rings. The van der Waals surface area contributed by atoms with Crippen LogP contribution in [0.3, 0.4) is 0 Å². The number of hydrogen-bond acceptors (Lipinski definition) is 6. The van der Waals surface area contributed by atoms with Crippen LogP contribution in [0.5, 0.6) is 0 Å². The molecule has 9 heteroatoms. The summed E-state index contributed by atoms with van der Waals surface area (Å²) in [5.41, 5.74) is 2.51. The second-order valence-electron chi connectivity index (χ2n) is 8.01. The fraction of sp³-hybridized carbons (Fsp3) is 0.435. The Morgan fingerprint density at radius 2 is 1.81 bits per heavy atom. The lowest BCUT2D eigenvalue weighted by molar-refractivity contribution is 0.0524. The molecule has 2 aliphatic heterocycles. The van der Waals surface area contributed by atoms with Crippen molar-refractivity contribution < 1.29 is 22.7 Å². The maximum absolute atomic E-state index is 13.1. The summed E-state index contributed by atoms with van der Waals surface area (Å²) in [6, 6.07) is 8.05. The predicted octanol–water partition coefficient (Wildman–Crippen LogP) is 2.94. The van der Waals surface area contributed by atoms with Crippen molar-refractivity contribution in [2.24, 2.45) is 0 Å². The topological polar surface area (TPSA) is 96.9 Å². The van der Waals surface area contributed by atoms with Gasteiger partial charge in [-0.15, -0.1) is 0 Å². The van der Waals surface area contributed by atoms with Crippen LogP contribution >= 0.6 is 0 Å². The number of ether oxygens (including phenoxy) is 1. The lowest BCUT2D eigenvalue weighted by atomic mass is 10.1. The van der Waals surface area contributed by atoms with Gasteiger partial charge in [-0.3, -0.25) is 4.79 Å². The Hall–Kier alpha value is -2.78. The molecule has 2 aromatic rings. The maximum atomic E-state index is 13.1. The number of sulfonamides is 1. The average Bonchev–Trinajstić information content (AvgIpc) is 3.22. The molecule has 0 spiro atoms. The normalized spacial score (nSPS) is 16.6. The highest BCUT2D eigenvalue weighted by molar-refractivity contribution is 7.89. The van der Waals surface area contributed by atoms with Crippen LogP contribution in [0.2, 0.25) is 0 Å². The van der Waals surface area contributed by atoms with E-state index < -0.39 is 16.0 Å². The summed E-state index contributed by atoms with van der Waals surface area (Å²) in [6.45, 7) is 5.21. The molecule has 3 heterocycles. The molecule has 0 aliphatic carbocycles. The van der Waals surface area contributed by atoms with Gasteiger partial charge in [-0.05, 0) is 69.0 Å². The number of esters is 1. The molecular formula is C23H27N3O5S. The number of benzene rings is 1. The van der Waals surface area contributed by atoms with E-state index in [0.29, 0.717) is 43.0 Å². The lowest BCUT2D eigenvalue weighted by Crippen LogP contribution is -2.35. The van der Waals surface area contributed by atoms with Crippen molar-refractivity contribution in [2.75, 3.05) is 31.1 Å². The molecule has 4 rings (SSSR count). The third-order valence-corrected chi connectivity index (χ3v) is 7.84. The van der Waals surface area contributed by atoms with E-state index in [4.69, 9.17) is 4.74 Å². The molecule has 0 saturated carbocycles. The van der Waals surface area contributed by atoms with Crippen LogP contribution in [0.4, 0.5) is 5.69 Å². The van der Waals surface area contributed by atoms with Crippen LogP contribution in [-0.2, 0) is 21.2 Å². The molecular weight excluding hydrogens is 430 g/mol. The van der Waals surface area contributed by atoms with Gasteiger partial charge in [0.05, 0.1) is 22.8 Å². The second-order valence-corrected chi connectivity index (χ2v) is 9.95. The minimum atomic E-state index is -3.52. The van der Waals surface area contributed by atoms with Crippen LogP contribution in [0, 0.1) is 6.92 Å². The van der Waals surface area contributed by atoms with E-state index in [1.807, 2.05) is 0 Å². The zero-order valence-electron chi connectivity index (χ0n) is 18.3. The SMILES string of the molecule is CCOC(=O)c1ccc(C(=O)N2CCc3cc(S(=O)(=O)N4CCCCC4)ccc32)nc1C. The number of hydrogen-bond donors (Lipinski definition) is 0. The summed E-state index contributed by atoms with van der Waals surface area (Å²) in [7, 11) is -3.52. The second kappa shape index (κ2) is 8.99. The monoisotopic (exact) mass is 457 g/mol. The summed E-state index contributed by atoms with van der Waals surface area (Å²) >= 11 is 0. The first-order chi connectivity index (χ1) is 15.3. The minimum Gasteiger partial charge on any atom is -0.462 e. The molecule has 8 nitrogen and oxygen atoms in total. The molecule has 1 fully saturated rings. The molecule has 1 aromatic heterocycles. The van der Waals surface area contributed by atoms with Gasteiger partial charge in [-0.2, -0.15) is 4.31 Å². The third-order valence-electron chi connectivity index (χ3n) is 5.94. The third kappa shape index (κ3) is 4.14. The first-order valence-corrected chi connectivity index (χ1v) is 12.4. The number of amides is 1. The first-order valence-electron chi connectivity index (χ1n) is 10.9. The van der Waals surface area contributed by atoms with Gasteiger partial charge in [-0.1, -0.05) is 6.42 Å². The van der Waals surface area contributed by atoms with Gasteiger partial charge in [0.15, 0.2) is 0 Å². The van der Waals surface area contributed by atoms with Crippen LogP contribution in [0.25, 0.3) is 0 Å². The van der Waals surface area contributed by atoms with Gasteiger partial charge < -0.3 is 9.64 Å². The number of fused-ring (bicyclic) bond motifs is 1. The van der Waals surface area contributed by atoms with Crippen molar-refractivity contribution in [1.82, 2.24) is 9.29 Å². The average molecular weight is 458 g/mol. The molecule has 0 radical (unpaired) electrons. The molecule has 170 valence electrons. The van der Waals surface area contributed by atoms with Gasteiger partial charge in [0.25, 0.3) is 5.91 Å². The summed E-state index contributed by atoms with van der Waals surface area (Å²) < 4.78 is 32.5. The number of pyridine rings is 1. The summed E-state index contributed by atoms with van der Waals surface area (Å²) in [4.78, 5) is 31.3. The van der Waals surface area contributed by atoms with Crippen LogP contribution in [-0.4, -0.2) is 55.8 Å². The van der Waals surface area contributed by atoms with Crippen LogP contribution in [0.15, 0.2) is 35.2 Å². The summed E-state index contributed by atoms with van der Waals surface area (Å²) in [5.74, 6) is -0.751. The molecule has 0 atom stereocenters. The first kappa shape index (κ1) is 22.4. The number of carbonyl (C=O) groups excluding carboxylic acids is 2. The van der Waals surface area contributed by atoms with Crippen molar-refractivity contribution in [2.45, 2.75) is 44.4 Å². The Morgan fingerprint density at radius 1 is 1.06 bits per heavy atom. The number of carbonyl (C=O) groups is 2. The molecule has 1 saturated heterocycles. The van der Waals surface area contributed by atoms with Crippen LogP contribution < -0.4 is 4.90 Å². The molecule has 0 bridgehead atoms. The Bertz CT molecular complexity index is 1160. The Kier molecular flexibility index (Phi) is 6.30. The van der Waals surface area contributed by atoms with E-state index in [9.17, 15) is 18.0 Å². The number of aryl methyl sites for hydroxylation is 1. The standard InChI is InChI=1S/C23H27N3O5S/c1-3-31-23(28)19-8-9-20(24-16(19)2)22(27)26-14-11-17-15-18(7-10-21(17)26)32(29,30)25-12-5-4-6-13-25/h7-10,15H,3-6,11-14H2,1-2H3. The smallest absolute Gasteiger partial charge is 0.339 e. The number of nitrogens with zero attached hydrogens (tertiary/aromatic N) is 3. The Labute approximate surface area is 188 Å². The predicted molar refractivity (Wildman–Crippen MR) is 119 cm³/mol. The Balaban J connectivity index is 1.56. The van der Waals surface area contributed by atoms with Gasteiger partial charge >= 0.3 is 5.97 Å². The van der Waals surface area contributed by atoms with Crippen LogP contribution in [0.1, 0.15) is 58.3 Å². The van der Waals surface area contributed by atoms with Crippen molar-refractivity contribution in [3.63, 3.8) is 0 Å². The number of piperidine rings is 1. The molecule has 32 heavy (non-hydrogen) atoms. The highest BCUT2D eigenvalue weighted by Crippen LogP contribution is 2.32. The number of aromatic nitrogens is 1. The van der Waals surface area contributed by atoms with E-state index in [0.717, 1.165) is 24.8 Å². The minimum absolute atomic E-state index is 0.230. The largest absolute Gasteiger partial charge is 0.462 e. The van der Waals surface area contributed by atoms with E-state index in [-0.39, 0.29) is 23.1 Å². The molecule has 1 aromatic carbocycles. The van der Waals surface area contributed by atoms with E-state index in [1.54, 1.807) is 47.3 Å². The molecule has 0 unspecified atom stereocenters. The molecule has 0 N–H and O–H groups in total. The van der Waals surface area contributed by atoms with Crippen molar-refractivity contribution in [3.8, 4) is 0 Å². The summed E-state index contributed by atoms with van der Waals surface area (Å²) in [5, 5.41) is 0. The highest BCUT2D eigenvalue weighted by Gasteiger charge is 2.31.